The summed E-state index contributed by atoms with van der Waals surface area (Å²) in [6.07, 6.45) is 0.627. The van der Waals surface area contributed by atoms with Crippen LogP contribution in [0.4, 0.5) is 0 Å². The minimum absolute atomic E-state index is 0.0768. The molecule has 114 valence electrons. The number of benzene rings is 1. The molecule has 21 heavy (non-hydrogen) atoms. The monoisotopic (exact) mass is 291 g/mol. The quantitative estimate of drug-likeness (QED) is 0.750. The molecule has 0 fully saturated rings. The molecular weight excluding hydrogens is 270 g/mol. The lowest BCUT2D eigenvalue weighted by Crippen LogP contribution is -2.13. The second-order valence-electron chi connectivity index (χ2n) is 5.58. The summed E-state index contributed by atoms with van der Waals surface area (Å²) in [6.45, 7) is 3.35. The van der Waals surface area contributed by atoms with E-state index in [0.29, 0.717) is 23.1 Å². The summed E-state index contributed by atoms with van der Waals surface area (Å²) in [5.41, 5.74) is 1.50. The van der Waals surface area contributed by atoms with E-state index in [1.165, 1.54) is 0 Å². The van der Waals surface area contributed by atoms with Gasteiger partial charge in [-0.2, -0.15) is 5.26 Å². The molecule has 0 atom stereocenters. The van der Waals surface area contributed by atoms with Crippen LogP contribution in [0.15, 0.2) is 18.2 Å². The van der Waals surface area contributed by atoms with Gasteiger partial charge in [0.05, 0.1) is 24.7 Å². The van der Waals surface area contributed by atoms with Crippen molar-refractivity contribution in [2.75, 3.05) is 0 Å². The highest BCUT2D eigenvalue weighted by molar-refractivity contribution is 5.69. The first kappa shape index (κ1) is 17.2. The van der Waals surface area contributed by atoms with Crippen LogP contribution in [-0.4, -0.2) is 16.2 Å². The van der Waals surface area contributed by atoms with Crippen LogP contribution in [0.1, 0.15) is 43.4 Å². The van der Waals surface area contributed by atoms with Crippen molar-refractivity contribution in [3.8, 4) is 6.07 Å². The predicted molar refractivity (Wildman–Crippen MR) is 76.7 cm³/mol. The first-order valence-corrected chi connectivity index (χ1v) is 6.81. The van der Waals surface area contributed by atoms with Gasteiger partial charge in [0.2, 0.25) is 0 Å². The van der Waals surface area contributed by atoms with E-state index in [9.17, 15) is 9.90 Å². The van der Waals surface area contributed by atoms with Crippen LogP contribution in [0.3, 0.4) is 0 Å². The van der Waals surface area contributed by atoms with Crippen LogP contribution in [0.5, 0.6) is 0 Å². The number of nitriles is 1. The molecule has 0 aliphatic heterocycles. The van der Waals surface area contributed by atoms with Crippen molar-refractivity contribution in [2.45, 2.75) is 46.5 Å². The molecule has 0 bridgehead atoms. The molecule has 0 amide bonds. The van der Waals surface area contributed by atoms with Crippen molar-refractivity contribution in [1.82, 2.24) is 0 Å². The van der Waals surface area contributed by atoms with E-state index < -0.39 is 5.41 Å². The Kier molecular flexibility index (Phi) is 6.35. The summed E-state index contributed by atoms with van der Waals surface area (Å²) >= 11 is 0. The third-order valence-electron chi connectivity index (χ3n) is 3.27. The van der Waals surface area contributed by atoms with Gasteiger partial charge in [-0.25, -0.2) is 0 Å². The number of aliphatic hydroxyl groups excluding tert-OH is 2. The Morgan fingerprint density at radius 1 is 1.29 bits per heavy atom. The Bertz CT molecular complexity index is 532. The Hall–Kier alpha value is -1.90. The van der Waals surface area contributed by atoms with Crippen molar-refractivity contribution in [3.05, 3.63) is 34.9 Å². The van der Waals surface area contributed by atoms with Gasteiger partial charge in [-0.1, -0.05) is 18.2 Å². The zero-order valence-electron chi connectivity index (χ0n) is 12.4. The predicted octanol–water partition coefficient (Wildman–Crippen LogP) is 2.04. The maximum Gasteiger partial charge on any atom is 0.306 e. The number of rotatable bonds is 7. The number of hydrogen-bond donors (Lipinski definition) is 2. The van der Waals surface area contributed by atoms with E-state index in [1.54, 1.807) is 32.0 Å². The van der Waals surface area contributed by atoms with Crippen LogP contribution in [0.25, 0.3) is 0 Å². The molecule has 5 heteroatoms. The minimum Gasteiger partial charge on any atom is -0.461 e. The Labute approximate surface area is 124 Å². The average Bonchev–Trinajstić information content (AvgIpc) is 2.50. The van der Waals surface area contributed by atoms with Gasteiger partial charge in [-0.3, -0.25) is 4.79 Å². The van der Waals surface area contributed by atoms with Gasteiger partial charge < -0.3 is 14.9 Å². The Morgan fingerprint density at radius 2 is 2.00 bits per heavy atom. The molecule has 0 aromatic heterocycles. The largest absolute Gasteiger partial charge is 0.461 e. The number of hydrogen-bond acceptors (Lipinski definition) is 5. The second kappa shape index (κ2) is 7.77. The van der Waals surface area contributed by atoms with Gasteiger partial charge >= 0.3 is 5.97 Å². The fourth-order valence-electron chi connectivity index (χ4n) is 1.77. The summed E-state index contributed by atoms with van der Waals surface area (Å²) in [5, 5.41) is 27.2. The molecule has 5 nitrogen and oxygen atoms in total. The summed E-state index contributed by atoms with van der Waals surface area (Å²) < 4.78 is 5.16. The standard InChI is InChI=1S/C16H21NO4/c1-16(2,11-17)6-5-15(20)21-10-13-4-3-12(8-18)7-14(13)9-19/h3-4,7,18-19H,5-6,8-10H2,1-2H3. The molecule has 1 aromatic rings. The van der Waals surface area contributed by atoms with Crippen molar-refractivity contribution in [3.63, 3.8) is 0 Å². The fraction of sp³-hybridized carbons (Fsp3) is 0.500. The molecule has 0 heterocycles. The van der Waals surface area contributed by atoms with Gasteiger partial charge in [0, 0.05) is 6.42 Å². The molecule has 0 radical (unpaired) electrons. The maximum absolute atomic E-state index is 11.7. The van der Waals surface area contributed by atoms with Gasteiger partial charge in [-0.05, 0) is 37.0 Å². The molecule has 0 aliphatic rings. The lowest BCUT2D eigenvalue weighted by molar-refractivity contribution is -0.145. The summed E-state index contributed by atoms with van der Waals surface area (Å²) in [5.74, 6) is -0.367. The molecule has 0 saturated heterocycles. The molecular formula is C16H21NO4. The molecule has 1 rings (SSSR count). The maximum atomic E-state index is 11.7. The first-order chi connectivity index (χ1) is 9.91. The minimum atomic E-state index is -0.544. The molecule has 0 spiro atoms. The van der Waals surface area contributed by atoms with Crippen LogP contribution in [-0.2, 0) is 29.4 Å². The Balaban J connectivity index is 2.55. The highest BCUT2D eigenvalue weighted by atomic mass is 16.5. The lowest BCUT2D eigenvalue weighted by Gasteiger charge is -2.14. The fourth-order valence-corrected chi connectivity index (χ4v) is 1.77. The van der Waals surface area contributed by atoms with Crippen molar-refractivity contribution in [1.29, 1.82) is 5.26 Å². The van der Waals surface area contributed by atoms with E-state index >= 15 is 0 Å². The number of carbonyl (C=O) groups is 1. The van der Waals surface area contributed by atoms with Crippen LogP contribution < -0.4 is 0 Å². The number of ether oxygens (including phenoxy) is 1. The number of aliphatic hydroxyl groups is 2. The molecule has 0 unspecified atom stereocenters. The molecule has 2 N–H and O–H groups in total. The number of esters is 1. The molecule has 0 aliphatic carbocycles. The Morgan fingerprint density at radius 3 is 2.57 bits per heavy atom. The molecule has 1 aromatic carbocycles. The van der Waals surface area contributed by atoms with E-state index in [0.717, 1.165) is 0 Å². The van der Waals surface area contributed by atoms with Crippen LogP contribution in [0.2, 0.25) is 0 Å². The van der Waals surface area contributed by atoms with Crippen LogP contribution in [0, 0.1) is 16.7 Å². The van der Waals surface area contributed by atoms with Gasteiger partial charge in [0.25, 0.3) is 0 Å². The van der Waals surface area contributed by atoms with Gasteiger partial charge in [0.1, 0.15) is 6.61 Å². The average molecular weight is 291 g/mol. The van der Waals surface area contributed by atoms with Crippen molar-refractivity contribution in [2.24, 2.45) is 5.41 Å². The number of nitrogens with zero attached hydrogens (tertiary/aromatic N) is 1. The lowest BCUT2D eigenvalue weighted by atomic mass is 9.90. The van der Waals surface area contributed by atoms with Crippen molar-refractivity contribution >= 4 is 5.97 Å². The zero-order chi connectivity index (χ0) is 15.9. The topological polar surface area (TPSA) is 90.6 Å². The second-order valence-corrected chi connectivity index (χ2v) is 5.58. The smallest absolute Gasteiger partial charge is 0.306 e. The highest BCUT2D eigenvalue weighted by Gasteiger charge is 2.19. The van der Waals surface area contributed by atoms with E-state index in [2.05, 4.69) is 6.07 Å². The van der Waals surface area contributed by atoms with Gasteiger partial charge in [0.15, 0.2) is 0 Å². The molecule has 0 saturated carbocycles. The van der Waals surface area contributed by atoms with Crippen LogP contribution >= 0.6 is 0 Å². The van der Waals surface area contributed by atoms with E-state index in [1.807, 2.05) is 0 Å². The summed E-state index contributed by atoms with van der Waals surface area (Å²) in [6, 6.07) is 7.27. The number of carbonyl (C=O) groups excluding carboxylic acids is 1. The van der Waals surface area contributed by atoms with E-state index in [-0.39, 0.29) is 32.2 Å². The third kappa shape index (κ3) is 5.54. The van der Waals surface area contributed by atoms with Gasteiger partial charge in [-0.15, -0.1) is 0 Å². The highest BCUT2D eigenvalue weighted by Crippen LogP contribution is 2.21. The SMILES string of the molecule is CC(C)(C#N)CCC(=O)OCc1ccc(CO)cc1CO. The summed E-state index contributed by atoms with van der Waals surface area (Å²) in [4.78, 5) is 11.7. The van der Waals surface area contributed by atoms with E-state index in [4.69, 9.17) is 15.1 Å². The summed E-state index contributed by atoms with van der Waals surface area (Å²) in [7, 11) is 0. The normalized spacial score (nSPS) is 11.0. The first-order valence-electron chi connectivity index (χ1n) is 6.81. The van der Waals surface area contributed by atoms with Crippen molar-refractivity contribution < 1.29 is 19.7 Å². The third-order valence-corrected chi connectivity index (χ3v) is 3.27. The zero-order valence-corrected chi connectivity index (χ0v) is 12.4.